The van der Waals surface area contributed by atoms with Crippen LogP contribution in [0.5, 0.6) is 0 Å². The Morgan fingerprint density at radius 1 is 1.46 bits per heavy atom. The lowest BCUT2D eigenvalue weighted by atomic mass is 10.0. The summed E-state index contributed by atoms with van der Waals surface area (Å²) in [5.41, 5.74) is 8.84. The van der Waals surface area contributed by atoms with E-state index in [1.807, 2.05) is 26.0 Å². The first-order valence-corrected chi connectivity index (χ1v) is 4.45. The lowest BCUT2D eigenvalue weighted by Gasteiger charge is -2.12. The van der Waals surface area contributed by atoms with Crippen molar-refractivity contribution in [2.45, 2.75) is 26.3 Å². The molecule has 0 aromatic carbocycles. The van der Waals surface area contributed by atoms with Gasteiger partial charge in [0.2, 0.25) is 0 Å². The van der Waals surface area contributed by atoms with Gasteiger partial charge in [-0.2, -0.15) is 0 Å². The summed E-state index contributed by atoms with van der Waals surface area (Å²) in [7, 11) is 0. The van der Waals surface area contributed by atoms with E-state index in [9.17, 15) is 0 Å². The van der Waals surface area contributed by atoms with Gasteiger partial charge in [0.15, 0.2) is 0 Å². The average molecular weight is 180 g/mol. The van der Waals surface area contributed by atoms with Crippen LogP contribution in [0.15, 0.2) is 12.1 Å². The summed E-state index contributed by atoms with van der Waals surface area (Å²) < 4.78 is 0. The summed E-state index contributed by atoms with van der Waals surface area (Å²) in [5, 5.41) is 8.74. The minimum atomic E-state index is -0.0990. The first-order chi connectivity index (χ1) is 6.15. The Bertz CT molecular complexity index is 286. The van der Waals surface area contributed by atoms with E-state index in [0.717, 1.165) is 17.0 Å². The first-order valence-electron chi connectivity index (χ1n) is 4.45. The van der Waals surface area contributed by atoms with Crippen LogP contribution in [0.2, 0.25) is 0 Å². The van der Waals surface area contributed by atoms with Crippen LogP contribution in [0.3, 0.4) is 0 Å². The third kappa shape index (κ3) is 2.50. The highest BCUT2D eigenvalue weighted by molar-refractivity contribution is 5.24. The molecule has 0 amide bonds. The van der Waals surface area contributed by atoms with E-state index in [0.29, 0.717) is 6.42 Å². The van der Waals surface area contributed by atoms with Gasteiger partial charge in [-0.25, -0.2) is 0 Å². The fraction of sp³-hybridized carbons (Fsp3) is 0.500. The van der Waals surface area contributed by atoms with Gasteiger partial charge in [-0.15, -0.1) is 0 Å². The maximum Gasteiger partial charge on any atom is 0.0449 e. The molecule has 1 aromatic heterocycles. The lowest BCUT2D eigenvalue weighted by molar-refractivity contribution is 0.276. The number of aliphatic hydroxyl groups excluding tert-OH is 1. The number of aromatic nitrogens is 1. The number of aryl methyl sites for hydroxylation is 2. The van der Waals surface area contributed by atoms with Crippen LogP contribution in [0, 0.1) is 13.8 Å². The number of rotatable bonds is 3. The van der Waals surface area contributed by atoms with Crippen molar-refractivity contribution in [3.8, 4) is 0 Å². The van der Waals surface area contributed by atoms with Gasteiger partial charge in [0.1, 0.15) is 0 Å². The number of aliphatic hydroxyl groups is 1. The zero-order valence-electron chi connectivity index (χ0n) is 8.12. The van der Waals surface area contributed by atoms with Crippen molar-refractivity contribution in [3.63, 3.8) is 0 Å². The van der Waals surface area contributed by atoms with Crippen LogP contribution in [0.1, 0.15) is 29.4 Å². The first kappa shape index (κ1) is 10.2. The van der Waals surface area contributed by atoms with Crippen molar-refractivity contribution in [1.82, 2.24) is 4.98 Å². The van der Waals surface area contributed by atoms with Crippen molar-refractivity contribution >= 4 is 0 Å². The molecule has 0 aliphatic carbocycles. The monoisotopic (exact) mass is 180 g/mol. The van der Waals surface area contributed by atoms with E-state index in [1.54, 1.807) is 0 Å². The van der Waals surface area contributed by atoms with Crippen LogP contribution < -0.4 is 5.73 Å². The molecular formula is C10H16N2O. The van der Waals surface area contributed by atoms with Gasteiger partial charge in [0.25, 0.3) is 0 Å². The molecular weight excluding hydrogens is 164 g/mol. The van der Waals surface area contributed by atoms with E-state index in [-0.39, 0.29) is 12.6 Å². The van der Waals surface area contributed by atoms with Crippen molar-refractivity contribution in [3.05, 3.63) is 29.1 Å². The van der Waals surface area contributed by atoms with Gasteiger partial charge in [0.05, 0.1) is 0 Å². The van der Waals surface area contributed by atoms with Gasteiger partial charge >= 0.3 is 0 Å². The van der Waals surface area contributed by atoms with Gasteiger partial charge in [-0.1, -0.05) is 6.07 Å². The maximum absolute atomic E-state index is 8.74. The Balaban J connectivity index is 2.88. The Morgan fingerprint density at radius 2 is 2.15 bits per heavy atom. The topological polar surface area (TPSA) is 59.1 Å². The molecule has 1 unspecified atom stereocenters. The molecule has 3 N–H and O–H groups in total. The molecule has 72 valence electrons. The quantitative estimate of drug-likeness (QED) is 0.731. The second-order valence-corrected chi connectivity index (χ2v) is 3.25. The molecule has 0 saturated heterocycles. The zero-order valence-corrected chi connectivity index (χ0v) is 8.12. The molecule has 1 heterocycles. The summed E-state index contributed by atoms with van der Waals surface area (Å²) in [6.07, 6.45) is 0.589. The molecule has 0 aliphatic rings. The van der Waals surface area contributed by atoms with Gasteiger partial charge in [0, 0.05) is 24.0 Å². The fourth-order valence-electron chi connectivity index (χ4n) is 1.38. The predicted molar refractivity (Wildman–Crippen MR) is 52.3 cm³/mol. The lowest BCUT2D eigenvalue weighted by Crippen LogP contribution is -2.14. The minimum Gasteiger partial charge on any atom is -0.396 e. The second-order valence-electron chi connectivity index (χ2n) is 3.25. The van der Waals surface area contributed by atoms with Crippen LogP contribution in [-0.2, 0) is 0 Å². The fourth-order valence-corrected chi connectivity index (χ4v) is 1.38. The Kier molecular flexibility index (Phi) is 3.39. The Hall–Kier alpha value is -0.930. The number of nitrogens with zero attached hydrogens (tertiary/aromatic N) is 1. The van der Waals surface area contributed by atoms with Crippen LogP contribution in [0.4, 0.5) is 0 Å². The third-order valence-electron chi connectivity index (χ3n) is 2.11. The number of hydrogen-bond acceptors (Lipinski definition) is 3. The third-order valence-corrected chi connectivity index (χ3v) is 2.11. The maximum atomic E-state index is 8.74. The summed E-state index contributed by atoms with van der Waals surface area (Å²) in [4.78, 5) is 4.32. The van der Waals surface area contributed by atoms with Crippen molar-refractivity contribution in [2.75, 3.05) is 6.61 Å². The summed E-state index contributed by atoms with van der Waals surface area (Å²) >= 11 is 0. The van der Waals surface area contributed by atoms with Gasteiger partial charge in [-0.3, -0.25) is 4.98 Å². The molecule has 3 heteroatoms. The van der Waals surface area contributed by atoms with Crippen molar-refractivity contribution in [1.29, 1.82) is 0 Å². The number of nitrogens with two attached hydrogens (primary N) is 1. The van der Waals surface area contributed by atoms with Crippen molar-refractivity contribution in [2.24, 2.45) is 5.73 Å². The zero-order chi connectivity index (χ0) is 9.84. The standard InChI is InChI=1S/C10H16N2O/c1-7-3-4-9(8(2)12-7)10(11)5-6-13/h3-4,10,13H,5-6,11H2,1-2H3. The highest BCUT2D eigenvalue weighted by atomic mass is 16.3. The molecule has 1 rings (SSSR count). The van der Waals surface area contributed by atoms with E-state index in [2.05, 4.69) is 4.98 Å². The van der Waals surface area contributed by atoms with E-state index < -0.39 is 0 Å². The molecule has 13 heavy (non-hydrogen) atoms. The molecule has 1 aromatic rings. The summed E-state index contributed by atoms with van der Waals surface area (Å²) in [6, 6.07) is 3.83. The number of pyridine rings is 1. The molecule has 0 spiro atoms. The summed E-state index contributed by atoms with van der Waals surface area (Å²) in [5.74, 6) is 0. The Labute approximate surface area is 78.6 Å². The van der Waals surface area contributed by atoms with Crippen LogP contribution in [-0.4, -0.2) is 16.7 Å². The summed E-state index contributed by atoms with van der Waals surface area (Å²) in [6.45, 7) is 4.02. The second kappa shape index (κ2) is 4.35. The van der Waals surface area contributed by atoms with E-state index >= 15 is 0 Å². The van der Waals surface area contributed by atoms with Gasteiger partial charge < -0.3 is 10.8 Å². The molecule has 1 atom stereocenters. The Morgan fingerprint density at radius 3 is 2.69 bits per heavy atom. The molecule has 0 aliphatic heterocycles. The molecule has 0 radical (unpaired) electrons. The van der Waals surface area contributed by atoms with Crippen LogP contribution in [0.25, 0.3) is 0 Å². The van der Waals surface area contributed by atoms with Crippen LogP contribution >= 0.6 is 0 Å². The van der Waals surface area contributed by atoms with E-state index in [1.165, 1.54) is 0 Å². The normalized spacial score (nSPS) is 12.9. The average Bonchev–Trinajstić information content (AvgIpc) is 2.04. The highest BCUT2D eigenvalue weighted by Crippen LogP contribution is 2.16. The smallest absolute Gasteiger partial charge is 0.0449 e. The number of hydrogen-bond donors (Lipinski definition) is 2. The largest absolute Gasteiger partial charge is 0.396 e. The molecule has 0 saturated carbocycles. The van der Waals surface area contributed by atoms with E-state index in [4.69, 9.17) is 10.8 Å². The predicted octanol–water partition coefficient (Wildman–Crippen LogP) is 1.08. The molecule has 0 fully saturated rings. The highest BCUT2D eigenvalue weighted by Gasteiger charge is 2.08. The molecule has 3 nitrogen and oxygen atoms in total. The molecule has 0 bridgehead atoms. The van der Waals surface area contributed by atoms with Crippen molar-refractivity contribution < 1.29 is 5.11 Å². The van der Waals surface area contributed by atoms with Gasteiger partial charge in [-0.05, 0) is 31.9 Å². The SMILES string of the molecule is Cc1ccc(C(N)CCO)c(C)n1. The minimum absolute atomic E-state index is 0.0990.